The number of aliphatic carboxylic acids is 1. The van der Waals surface area contributed by atoms with Gasteiger partial charge in [-0.2, -0.15) is 0 Å². The van der Waals surface area contributed by atoms with Gasteiger partial charge >= 0.3 is 12.1 Å². The van der Waals surface area contributed by atoms with Crippen molar-refractivity contribution in [2.75, 3.05) is 11.9 Å². The number of nitrogens with zero attached hydrogens (tertiary/aromatic N) is 1. The van der Waals surface area contributed by atoms with E-state index >= 15 is 0 Å². The normalized spacial score (nSPS) is 13.9. The van der Waals surface area contributed by atoms with Crippen molar-refractivity contribution in [3.63, 3.8) is 0 Å². The van der Waals surface area contributed by atoms with Crippen LogP contribution in [0.4, 0.5) is 9.93 Å². The van der Waals surface area contributed by atoms with Gasteiger partial charge in [0.25, 0.3) is 5.91 Å². The van der Waals surface area contributed by atoms with Gasteiger partial charge in [-0.15, -0.1) is 0 Å². The summed E-state index contributed by atoms with van der Waals surface area (Å²) in [6.45, 7) is 5.42. The number of rotatable bonds is 8. The molecule has 1 aliphatic carbocycles. The Morgan fingerprint density at radius 2 is 1.69 bits per heavy atom. The van der Waals surface area contributed by atoms with Gasteiger partial charge in [0.1, 0.15) is 17.5 Å². The van der Waals surface area contributed by atoms with E-state index in [0.29, 0.717) is 12.1 Å². The van der Waals surface area contributed by atoms with Gasteiger partial charge in [0.15, 0.2) is 5.13 Å². The number of carbonyl (C=O) groups is 3. The highest BCUT2D eigenvalue weighted by Gasteiger charge is 2.30. The summed E-state index contributed by atoms with van der Waals surface area (Å²) in [6, 6.07) is 15.1. The first-order valence-corrected chi connectivity index (χ1v) is 12.2. The van der Waals surface area contributed by atoms with Crippen LogP contribution in [-0.4, -0.2) is 40.7 Å². The lowest BCUT2D eigenvalue weighted by Gasteiger charge is -2.19. The number of benzene rings is 2. The van der Waals surface area contributed by atoms with Crippen molar-refractivity contribution >= 4 is 34.4 Å². The molecule has 0 fully saturated rings. The Labute approximate surface area is 207 Å². The number of hydrogen-bond donors (Lipinski definition) is 3. The van der Waals surface area contributed by atoms with Gasteiger partial charge in [0, 0.05) is 5.92 Å². The van der Waals surface area contributed by atoms with Crippen LogP contribution in [0.15, 0.2) is 48.5 Å². The van der Waals surface area contributed by atoms with Crippen molar-refractivity contribution in [2.45, 2.75) is 39.2 Å². The molecule has 0 spiro atoms. The molecule has 9 heteroatoms. The Hall–Kier alpha value is -3.72. The average molecular weight is 494 g/mol. The maximum absolute atomic E-state index is 12.7. The lowest BCUT2D eigenvalue weighted by molar-refractivity contribution is -0.140. The van der Waals surface area contributed by atoms with Crippen LogP contribution in [0.1, 0.15) is 52.7 Å². The van der Waals surface area contributed by atoms with Gasteiger partial charge in [0.2, 0.25) is 0 Å². The van der Waals surface area contributed by atoms with E-state index in [4.69, 9.17) is 4.74 Å². The number of carboxylic acid groups (broad SMARTS) is 1. The number of fused-ring (bicyclic) bond motifs is 3. The number of aromatic nitrogens is 1. The highest BCUT2D eigenvalue weighted by atomic mass is 32.1. The summed E-state index contributed by atoms with van der Waals surface area (Å²) >= 11 is 0.976. The number of nitrogens with one attached hydrogen (secondary N) is 2. The molecule has 3 N–H and O–H groups in total. The summed E-state index contributed by atoms with van der Waals surface area (Å²) in [6.07, 6.45) is -0.0661. The van der Waals surface area contributed by atoms with Crippen LogP contribution in [0.3, 0.4) is 0 Å². The quantitative estimate of drug-likeness (QED) is 0.405. The highest BCUT2D eigenvalue weighted by molar-refractivity contribution is 7.17. The fraction of sp³-hybridized carbons (Fsp3) is 0.308. The summed E-state index contributed by atoms with van der Waals surface area (Å²) in [5.74, 6) is -1.93. The topological polar surface area (TPSA) is 118 Å². The molecule has 3 aromatic rings. The number of carboxylic acids is 1. The van der Waals surface area contributed by atoms with Gasteiger partial charge in [-0.3, -0.25) is 10.1 Å². The minimum Gasteiger partial charge on any atom is -0.480 e. The van der Waals surface area contributed by atoms with E-state index in [0.717, 1.165) is 33.6 Å². The van der Waals surface area contributed by atoms with Gasteiger partial charge in [-0.1, -0.05) is 80.1 Å². The smallest absolute Gasteiger partial charge is 0.413 e. The predicted molar refractivity (Wildman–Crippen MR) is 134 cm³/mol. The number of hydrogen-bond acceptors (Lipinski definition) is 6. The molecule has 182 valence electrons. The molecule has 0 saturated heterocycles. The molecule has 1 aromatic heterocycles. The molecular formula is C26H27N3O5S. The number of thiazole rings is 1. The van der Waals surface area contributed by atoms with E-state index < -0.39 is 24.0 Å². The zero-order valence-electron chi connectivity index (χ0n) is 19.7. The van der Waals surface area contributed by atoms with Crippen molar-refractivity contribution in [3.05, 3.63) is 70.2 Å². The summed E-state index contributed by atoms with van der Waals surface area (Å²) in [5.41, 5.74) is 4.90. The maximum Gasteiger partial charge on any atom is 0.413 e. The molecule has 0 bridgehead atoms. The Bertz CT molecular complexity index is 1230. The molecule has 0 radical (unpaired) electrons. The van der Waals surface area contributed by atoms with E-state index in [-0.39, 0.29) is 28.5 Å². The second kappa shape index (κ2) is 10.3. The van der Waals surface area contributed by atoms with Crippen molar-refractivity contribution in [1.82, 2.24) is 10.3 Å². The number of amides is 2. The molecule has 0 aliphatic heterocycles. The van der Waals surface area contributed by atoms with Crippen LogP contribution >= 0.6 is 11.3 Å². The Morgan fingerprint density at radius 1 is 1.09 bits per heavy atom. The molecule has 1 aliphatic rings. The zero-order valence-corrected chi connectivity index (χ0v) is 20.5. The first kappa shape index (κ1) is 24.4. The predicted octanol–water partition coefficient (Wildman–Crippen LogP) is 5.04. The van der Waals surface area contributed by atoms with E-state index in [9.17, 15) is 19.5 Å². The van der Waals surface area contributed by atoms with Crippen molar-refractivity contribution < 1.29 is 24.2 Å². The Kier molecular flexibility index (Phi) is 7.16. The first-order valence-electron chi connectivity index (χ1n) is 11.4. The third-order valence-corrected chi connectivity index (χ3v) is 7.39. The maximum atomic E-state index is 12.7. The van der Waals surface area contributed by atoms with Gasteiger partial charge in [-0.05, 0) is 35.1 Å². The molecule has 8 nitrogen and oxygen atoms in total. The molecule has 0 saturated carbocycles. The third kappa shape index (κ3) is 5.05. The van der Waals surface area contributed by atoms with Gasteiger partial charge in [0.05, 0.1) is 5.69 Å². The van der Waals surface area contributed by atoms with Crippen LogP contribution in [-0.2, 0) is 9.53 Å². The fourth-order valence-corrected chi connectivity index (χ4v) is 5.13. The minimum atomic E-state index is -1.09. The number of carbonyl (C=O) groups excluding carboxylic acids is 2. The largest absolute Gasteiger partial charge is 0.480 e. The molecule has 4 rings (SSSR count). The van der Waals surface area contributed by atoms with Gasteiger partial charge in [-0.25, -0.2) is 14.6 Å². The average Bonchev–Trinajstić information content (AvgIpc) is 3.37. The molecule has 1 unspecified atom stereocenters. The molecule has 2 aromatic carbocycles. The minimum absolute atomic E-state index is 0.0685. The van der Waals surface area contributed by atoms with E-state index in [1.165, 1.54) is 0 Å². The third-order valence-electron chi connectivity index (χ3n) is 6.32. The van der Waals surface area contributed by atoms with Crippen LogP contribution in [0.5, 0.6) is 0 Å². The summed E-state index contributed by atoms with van der Waals surface area (Å²) in [7, 11) is 0. The highest BCUT2D eigenvalue weighted by Crippen LogP contribution is 2.44. The Morgan fingerprint density at radius 3 is 2.26 bits per heavy atom. The number of anilines is 1. The van der Waals surface area contributed by atoms with Crippen LogP contribution < -0.4 is 10.6 Å². The second-order valence-corrected chi connectivity index (χ2v) is 9.56. The number of ether oxygens (including phenoxy) is 1. The van der Waals surface area contributed by atoms with Crippen molar-refractivity contribution in [2.24, 2.45) is 5.92 Å². The summed E-state index contributed by atoms with van der Waals surface area (Å²) < 4.78 is 5.53. The Balaban J connectivity index is 1.41. The summed E-state index contributed by atoms with van der Waals surface area (Å²) in [5, 5.41) is 14.8. The molecule has 35 heavy (non-hydrogen) atoms. The van der Waals surface area contributed by atoms with E-state index in [1.807, 2.05) is 43.3 Å². The van der Waals surface area contributed by atoms with E-state index in [2.05, 4.69) is 27.8 Å². The zero-order chi connectivity index (χ0) is 25.1. The van der Waals surface area contributed by atoms with Crippen LogP contribution in [0.25, 0.3) is 11.1 Å². The lowest BCUT2D eigenvalue weighted by Crippen LogP contribution is -2.44. The van der Waals surface area contributed by atoms with Gasteiger partial charge < -0.3 is 15.2 Å². The lowest BCUT2D eigenvalue weighted by atomic mass is 9.98. The monoisotopic (exact) mass is 493 g/mol. The molecule has 2 atom stereocenters. The molecule has 2 amide bonds. The standard InChI is InChI=1S/C26H27N3O5S/c1-4-14(2)21(24(31)32)28-23(30)22-15(3)27-25(35-22)29-26(33)34-13-20-18-11-7-5-9-16(18)17-10-6-8-12-19(17)20/h5-12,14,20-21H,4,13H2,1-3H3,(H,28,30)(H,31,32)(H,27,29,33)/t14?,21-/m0/s1. The van der Waals surface area contributed by atoms with E-state index in [1.54, 1.807) is 13.8 Å². The fourth-order valence-electron chi connectivity index (χ4n) is 4.27. The summed E-state index contributed by atoms with van der Waals surface area (Å²) in [4.78, 5) is 41.2. The second-order valence-electron chi connectivity index (χ2n) is 8.56. The number of aryl methyl sites for hydroxylation is 1. The van der Waals surface area contributed by atoms with Crippen molar-refractivity contribution in [3.8, 4) is 11.1 Å². The SMILES string of the molecule is CCC(C)[C@H](NC(=O)c1sc(NC(=O)OCC2c3ccccc3-c3ccccc32)nc1C)C(=O)O. The van der Waals surface area contributed by atoms with Crippen molar-refractivity contribution in [1.29, 1.82) is 0 Å². The van der Waals surface area contributed by atoms with Crippen LogP contribution in [0, 0.1) is 12.8 Å². The first-order chi connectivity index (χ1) is 16.8. The molecular weight excluding hydrogens is 466 g/mol. The molecule has 1 heterocycles. The van der Waals surface area contributed by atoms with Crippen LogP contribution in [0.2, 0.25) is 0 Å².